The van der Waals surface area contributed by atoms with E-state index in [0.29, 0.717) is 11.3 Å². The summed E-state index contributed by atoms with van der Waals surface area (Å²) in [4.78, 5) is 12.8. The summed E-state index contributed by atoms with van der Waals surface area (Å²) in [7, 11) is -3.64. The second-order valence-electron chi connectivity index (χ2n) is 5.08. The Morgan fingerprint density at radius 3 is 2.48 bits per heavy atom. The first-order chi connectivity index (χ1) is 12.0. The highest BCUT2D eigenvalue weighted by Gasteiger charge is 2.21. The Hall–Kier alpha value is -2.95. The van der Waals surface area contributed by atoms with Crippen molar-refractivity contribution < 1.29 is 13.2 Å². The minimum Gasteiger partial charge on any atom is -0.321 e. The molecule has 0 aliphatic carbocycles. The number of amides is 1. The summed E-state index contributed by atoms with van der Waals surface area (Å²) in [6, 6.07) is 19.5. The van der Waals surface area contributed by atoms with Gasteiger partial charge in [0.25, 0.3) is 5.91 Å². The van der Waals surface area contributed by atoms with E-state index in [1.807, 2.05) is 6.07 Å². The predicted molar refractivity (Wildman–Crippen MR) is 95.3 cm³/mol. The normalized spacial score (nSPS) is 10.8. The first-order valence-corrected chi connectivity index (χ1v) is 9.52. The van der Waals surface area contributed by atoms with E-state index in [1.54, 1.807) is 42.5 Å². The zero-order valence-electron chi connectivity index (χ0n) is 12.8. The van der Waals surface area contributed by atoms with Crippen LogP contribution in [0.1, 0.15) is 15.2 Å². The van der Waals surface area contributed by atoms with Crippen molar-refractivity contribution in [1.82, 2.24) is 0 Å². The van der Waals surface area contributed by atoms with E-state index in [2.05, 4.69) is 5.32 Å². The highest BCUT2D eigenvalue weighted by Crippen LogP contribution is 2.28. The number of carbonyl (C=O) groups is 1. The number of hydrogen-bond donors (Lipinski definition) is 1. The Morgan fingerprint density at radius 1 is 1.00 bits per heavy atom. The maximum atomic E-state index is 12.6. The molecule has 7 heteroatoms. The maximum Gasteiger partial charge on any atom is 0.265 e. The van der Waals surface area contributed by atoms with Crippen LogP contribution in [-0.2, 0) is 9.84 Å². The van der Waals surface area contributed by atoms with Crippen molar-refractivity contribution in [2.24, 2.45) is 0 Å². The molecule has 0 spiro atoms. The van der Waals surface area contributed by atoms with Crippen LogP contribution in [0.4, 0.5) is 5.69 Å². The van der Waals surface area contributed by atoms with E-state index in [4.69, 9.17) is 5.26 Å². The molecule has 124 valence electrons. The molecule has 0 unspecified atom stereocenters. The Balaban J connectivity index is 1.84. The topological polar surface area (TPSA) is 87.0 Å². The molecule has 1 aromatic heterocycles. The molecule has 0 atom stereocenters. The Kier molecular flexibility index (Phi) is 4.65. The van der Waals surface area contributed by atoms with Crippen LogP contribution in [0.5, 0.6) is 0 Å². The van der Waals surface area contributed by atoms with Crippen LogP contribution in [0.2, 0.25) is 0 Å². The van der Waals surface area contributed by atoms with Crippen LogP contribution in [0, 0.1) is 11.3 Å². The first kappa shape index (κ1) is 16.9. The molecule has 1 N–H and O–H groups in total. The fourth-order valence-corrected chi connectivity index (χ4v) is 4.79. The standard InChI is InChI=1S/C18H12N2O3S2/c19-12-13-5-4-6-14(11-13)20-18(21)16-9-10-17(24-16)25(22,23)15-7-2-1-3-8-15/h1-11H,(H,20,21). The summed E-state index contributed by atoms with van der Waals surface area (Å²) in [6.45, 7) is 0. The van der Waals surface area contributed by atoms with Gasteiger partial charge in [0.2, 0.25) is 9.84 Å². The highest BCUT2D eigenvalue weighted by atomic mass is 32.2. The summed E-state index contributed by atoms with van der Waals surface area (Å²) < 4.78 is 25.2. The summed E-state index contributed by atoms with van der Waals surface area (Å²) >= 11 is 0.907. The van der Waals surface area contributed by atoms with Crippen LogP contribution in [-0.4, -0.2) is 14.3 Å². The summed E-state index contributed by atoms with van der Waals surface area (Å²) in [6.07, 6.45) is 0. The lowest BCUT2D eigenvalue weighted by atomic mass is 10.2. The van der Waals surface area contributed by atoms with Gasteiger partial charge in [-0.2, -0.15) is 5.26 Å². The van der Waals surface area contributed by atoms with Crippen molar-refractivity contribution in [3.05, 3.63) is 77.2 Å². The molecule has 2 aromatic carbocycles. The third-order valence-corrected chi connectivity index (χ3v) is 6.72. The quantitative estimate of drug-likeness (QED) is 0.760. The molecular formula is C18H12N2O3S2. The van der Waals surface area contributed by atoms with E-state index in [1.165, 1.54) is 24.3 Å². The first-order valence-electron chi connectivity index (χ1n) is 7.22. The van der Waals surface area contributed by atoms with Crippen molar-refractivity contribution in [3.63, 3.8) is 0 Å². The van der Waals surface area contributed by atoms with E-state index < -0.39 is 15.7 Å². The van der Waals surface area contributed by atoms with Crippen molar-refractivity contribution >= 4 is 32.8 Å². The largest absolute Gasteiger partial charge is 0.321 e. The lowest BCUT2D eigenvalue weighted by Crippen LogP contribution is -2.10. The molecule has 1 amide bonds. The Morgan fingerprint density at radius 2 is 1.76 bits per heavy atom. The van der Waals surface area contributed by atoms with Gasteiger partial charge < -0.3 is 5.32 Å². The maximum absolute atomic E-state index is 12.6. The Labute approximate surface area is 149 Å². The van der Waals surface area contributed by atoms with E-state index in [0.717, 1.165) is 11.3 Å². The lowest BCUT2D eigenvalue weighted by Gasteiger charge is -2.03. The number of nitriles is 1. The highest BCUT2D eigenvalue weighted by molar-refractivity contribution is 7.93. The van der Waals surface area contributed by atoms with E-state index in [9.17, 15) is 13.2 Å². The number of anilines is 1. The van der Waals surface area contributed by atoms with Gasteiger partial charge in [0.05, 0.1) is 21.4 Å². The zero-order valence-corrected chi connectivity index (χ0v) is 14.5. The monoisotopic (exact) mass is 368 g/mol. The van der Waals surface area contributed by atoms with Gasteiger partial charge in [-0.1, -0.05) is 24.3 Å². The van der Waals surface area contributed by atoms with Gasteiger partial charge >= 0.3 is 0 Å². The fourth-order valence-electron chi connectivity index (χ4n) is 2.16. The fraction of sp³-hybridized carbons (Fsp3) is 0. The molecule has 0 fully saturated rings. The molecule has 0 aliphatic heterocycles. The number of hydrogen-bond acceptors (Lipinski definition) is 5. The van der Waals surface area contributed by atoms with Gasteiger partial charge in [0.1, 0.15) is 4.21 Å². The van der Waals surface area contributed by atoms with Crippen molar-refractivity contribution in [2.45, 2.75) is 9.10 Å². The smallest absolute Gasteiger partial charge is 0.265 e. The Bertz CT molecular complexity index is 1060. The molecular weight excluding hydrogens is 356 g/mol. The van der Waals surface area contributed by atoms with E-state index >= 15 is 0 Å². The number of rotatable bonds is 4. The zero-order chi connectivity index (χ0) is 17.9. The van der Waals surface area contributed by atoms with Crippen LogP contribution < -0.4 is 5.32 Å². The van der Waals surface area contributed by atoms with Crippen molar-refractivity contribution in [2.75, 3.05) is 5.32 Å². The SMILES string of the molecule is N#Cc1cccc(NC(=O)c2ccc(S(=O)(=O)c3ccccc3)s2)c1. The lowest BCUT2D eigenvalue weighted by molar-refractivity contribution is 0.103. The minimum atomic E-state index is -3.64. The second-order valence-corrected chi connectivity index (χ2v) is 8.34. The van der Waals surface area contributed by atoms with Crippen molar-refractivity contribution in [1.29, 1.82) is 5.26 Å². The van der Waals surface area contributed by atoms with Crippen LogP contribution in [0.3, 0.4) is 0 Å². The summed E-state index contributed by atoms with van der Waals surface area (Å²) in [5.41, 5.74) is 0.904. The molecule has 1 heterocycles. The van der Waals surface area contributed by atoms with Gasteiger partial charge in [-0.05, 0) is 42.5 Å². The molecule has 0 aliphatic rings. The number of sulfone groups is 1. The average Bonchev–Trinajstić information content (AvgIpc) is 3.14. The van der Waals surface area contributed by atoms with Crippen LogP contribution >= 0.6 is 11.3 Å². The number of thiophene rings is 1. The van der Waals surface area contributed by atoms with Gasteiger partial charge in [-0.15, -0.1) is 11.3 Å². The van der Waals surface area contributed by atoms with E-state index in [-0.39, 0.29) is 14.0 Å². The number of benzene rings is 2. The van der Waals surface area contributed by atoms with Gasteiger partial charge in [0, 0.05) is 5.69 Å². The van der Waals surface area contributed by atoms with Gasteiger partial charge in [-0.25, -0.2) is 8.42 Å². The predicted octanol–water partition coefficient (Wildman–Crippen LogP) is 3.70. The molecule has 5 nitrogen and oxygen atoms in total. The molecule has 25 heavy (non-hydrogen) atoms. The third-order valence-electron chi connectivity index (χ3n) is 3.37. The van der Waals surface area contributed by atoms with Crippen LogP contribution in [0.15, 0.2) is 75.8 Å². The minimum absolute atomic E-state index is 0.106. The molecule has 3 rings (SSSR count). The third kappa shape index (κ3) is 3.60. The number of nitrogens with one attached hydrogen (secondary N) is 1. The second kappa shape index (κ2) is 6.89. The van der Waals surface area contributed by atoms with Gasteiger partial charge in [-0.3, -0.25) is 4.79 Å². The molecule has 0 radical (unpaired) electrons. The average molecular weight is 368 g/mol. The molecule has 0 bridgehead atoms. The molecule has 0 saturated carbocycles. The van der Waals surface area contributed by atoms with Gasteiger partial charge in [0.15, 0.2) is 0 Å². The number of carbonyl (C=O) groups excluding carboxylic acids is 1. The molecule has 0 saturated heterocycles. The summed E-state index contributed by atoms with van der Waals surface area (Å²) in [5.74, 6) is -0.422. The number of nitrogens with zero attached hydrogens (tertiary/aromatic N) is 1. The van der Waals surface area contributed by atoms with Crippen LogP contribution in [0.25, 0.3) is 0 Å². The molecule has 3 aromatic rings. The summed E-state index contributed by atoms with van der Waals surface area (Å²) in [5, 5.41) is 11.5. The van der Waals surface area contributed by atoms with Crippen molar-refractivity contribution in [3.8, 4) is 6.07 Å².